The molecule has 0 aromatic heterocycles. The van der Waals surface area contributed by atoms with E-state index < -0.39 is 0 Å². The maximum Gasteiger partial charge on any atom is 0.306 e. The summed E-state index contributed by atoms with van der Waals surface area (Å²) in [5.74, 6) is 0.956. The first-order chi connectivity index (χ1) is 18.4. The van der Waals surface area contributed by atoms with Gasteiger partial charge < -0.3 is 9.84 Å². The molecule has 220 valence electrons. The van der Waals surface area contributed by atoms with Gasteiger partial charge in [-0.2, -0.15) is 0 Å². The molecule has 0 aliphatic carbocycles. The van der Waals surface area contributed by atoms with Crippen LogP contribution in [0.3, 0.4) is 0 Å². The van der Waals surface area contributed by atoms with Gasteiger partial charge in [-0.1, -0.05) is 143 Å². The molecule has 0 fully saturated rings. The normalized spacial score (nSPS) is 13.0. The van der Waals surface area contributed by atoms with Gasteiger partial charge >= 0.3 is 5.97 Å². The molecule has 0 heterocycles. The van der Waals surface area contributed by atoms with Crippen LogP contribution in [0.1, 0.15) is 185 Å². The Labute approximate surface area is 236 Å². The molecule has 1 rings (SSSR count). The number of rotatable bonds is 24. The van der Waals surface area contributed by atoms with Crippen molar-refractivity contribution in [1.29, 1.82) is 0 Å². The van der Waals surface area contributed by atoms with Crippen molar-refractivity contribution in [3.05, 3.63) is 28.8 Å². The van der Waals surface area contributed by atoms with Gasteiger partial charge in [0.15, 0.2) is 0 Å². The summed E-state index contributed by atoms with van der Waals surface area (Å²) in [5, 5.41) is 10.8. The van der Waals surface area contributed by atoms with Crippen LogP contribution in [-0.2, 0) is 16.0 Å². The summed E-state index contributed by atoms with van der Waals surface area (Å²) in [6.45, 7) is 11.4. The topological polar surface area (TPSA) is 46.5 Å². The minimum absolute atomic E-state index is 0.103. The Morgan fingerprint density at radius 2 is 1.08 bits per heavy atom. The van der Waals surface area contributed by atoms with Gasteiger partial charge in [-0.3, -0.25) is 4.79 Å². The molecule has 3 nitrogen and oxygen atoms in total. The third kappa shape index (κ3) is 15.2. The third-order valence-corrected chi connectivity index (χ3v) is 8.39. The Morgan fingerprint density at radius 3 is 1.47 bits per heavy atom. The van der Waals surface area contributed by atoms with Crippen LogP contribution in [0, 0.1) is 0 Å². The maximum absolute atomic E-state index is 12.3. The second-order valence-corrected chi connectivity index (χ2v) is 11.8. The zero-order chi connectivity index (χ0) is 28.0. The van der Waals surface area contributed by atoms with E-state index in [0.717, 1.165) is 42.4 Å². The Morgan fingerprint density at radius 1 is 0.684 bits per heavy atom. The fraction of sp³-hybridized carbons (Fsp3) is 0.800. The Kier molecular flexibility index (Phi) is 20.3. The lowest BCUT2D eigenvalue weighted by molar-refractivity contribution is -0.143. The average molecular weight is 531 g/mol. The van der Waals surface area contributed by atoms with Crippen LogP contribution < -0.4 is 0 Å². The highest BCUT2D eigenvalue weighted by Crippen LogP contribution is 2.37. The summed E-state index contributed by atoms with van der Waals surface area (Å²) in [4.78, 5) is 12.3. The van der Waals surface area contributed by atoms with E-state index in [4.69, 9.17) is 4.74 Å². The summed E-state index contributed by atoms with van der Waals surface area (Å²) in [7, 11) is 0. The van der Waals surface area contributed by atoms with Crippen molar-refractivity contribution in [2.75, 3.05) is 6.61 Å². The summed E-state index contributed by atoms with van der Waals surface area (Å²) >= 11 is 0. The van der Waals surface area contributed by atoms with Crippen LogP contribution in [0.5, 0.6) is 5.75 Å². The number of carbonyl (C=O) groups is 1. The smallest absolute Gasteiger partial charge is 0.306 e. The van der Waals surface area contributed by atoms with E-state index in [1.807, 2.05) is 0 Å². The molecule has 2 unspecified atom stereocenters. The van der Waals surface area contributed by atoms with Crippen LogP contribution >= 0.6 is 0 Å². The third-order valence-electron chi connectivity index (χ3n) is 8.39. The highest BCUT2D eigenvalue weighted by Gasteiger charge is 2.18. The summed E-state index contributed by atoms with van der Waals surface area (Å²) < 4.78 is 5.52. The van der Waals surface area contributed by atoms with Gasteiger partial charge in [0, 0.05) is 6.42 Å². The van der Waals surface area contributed by atoms with Crippen molar-refractivity contribution in [2.45, 2.75) is 175 Å². The number of phenols is 1. The Bertz CT molecular complexity index is 695. The quantitative estimate of drug-likeness (QED) is 0.107. The monoisotopic (exact) mass is 530 g/mol. The van der Waals surface area contributed by atoms with Gasteiger partial charge in [0.05, 0.1) is 6.61 Å². The lowest BCUT2D eigenvalue weighted by Crippen LogP contribution is -2.08. The largest absolute Gasteiger partial charge is 0.507 e. The van der Waals surface area contributed by atoms with E-state index in [-0.39, 0.29) is 5.97 Å². The van der Waals surface area contributed by atoms with Gasteiger partial charge in [-0.05, 0) is 54.2 Å². The van der Waals surface area contributed by atoms with E-state index in [9.17, 15) is 9.90 Å². The summed E-state index contributed by atoms with van der Waals surface area (Å²) in [6.07, 6.45) is 24.6. The molecule has 0 spiro atoms. The SMILES string of the molecule is CCCCCCCCCCCCCCCCCCOC(=O)CCc1cc(C(C)CC)c(O)c(C(C)CC)c1. The lowest BCUT2D eigenvalue weighted by atomic mass is 9.87. The van der Waals surface area contributed by atoms with Crippen LogP contribution in [0.4, 0.5) is 0 Å². The molecule has 1 aromatic rings. The number of hydrogen-bond acceptors (Lipinski definition) is 3. The molecular weight excluding hydrogens is 468 g/mol. The van der Waals surface area contributed by atoms with Crippen molar-refractivity contribution in [1.82, 2.24) is 0 Å². The number of unbranched alkanes of at least 4 members (excludes halogenated alkanes) is 15. The number of aryl methyl sites for hydroxylation is 1. The average Bonchev–Trinajstić information content (AvgIpc) is 2.93. The van der Waals surface area contributed by atoms with E-state index in [1.54, 1.807) is 0 Å². The molecule has 0 saturated heterocycles. The highest BCUT2D eigenvalue weighted by molar-refractivity contribution is 5.69. The molecule has 0 aliphatic rings. The fourth-order valence-electron chi connectivity index (χ4n) is 5.23. The molecule has 1 N–H and O–H groups in total. The van der Waals surface area contributed by atoms with Crippen molar-refractivity contribution in [3.8, 4) is 5.75 Å². The number of phenolic OH excluding ortho intramolecular Hbond substituents is 1. The van der Waals surface area contributed by atoms with Crippen molar-refractivity contribution >= 4 is 5.97 Å². The minimum Gasteiger partial charge on any atom is -0.507 e. The number of carbonyl (C=O) groups excluding carboxylic acids is 1. The van der Waals surface area contributed by atoms with Crippen LogP contribution in [0.2, 0.25) is 0 Å². The van der Waals surface area contributed by atoms with Crippen LogP contribution in [0.15, 0.2) is 12.1 Å². The lowest BCUT2D eigenvalue weighted by Gasteiger charge is -2.20. The summed E-state index contributed by atoms with van der Waals surface area (Å²) in [6, 6.07) is 4.19. The second kappa shape index (κ2) is 22.3. The molecule has 0 aliphatic heterocycles. The van der Waals surface area contributed by atoms with Gasteiger partial charge in [0.1, 0.15) is 5.75 Å². The van der Waals surface area contributed by atoms with Gasteiger partial charge in [0.25, 0.3) is 0 Å². The van der Waals surface area contributed by atoms with E-state index in [1.165, 1.54) is 89.9 Å². The second-order valence-electron chi connectivity index (χ2n) is 11.8. The number of hydrogen-bond donors (Lipinski definition) is 1. The highest BCUT2D eigenvalue weighted by atomic mass is 16.5. The minimum atomic E-state index is -0.103. The van der Waals surface area contributed by atoms with E-state index in [2.05, 4.69) is 46.8 Å². The number of ether oxygens (including phenoxy) is 1. The fourth-order valence-corrected chi connectivity index (χ4v) is 5.23. The summed E-state index contributed by atoms with van der Waals surface area (Å²) in [5.41, 5.74) is 3.16. The molecule has 2 atom stereocenters. The Balaban J connectivity index is 2.11. The molecule has 3 heteroatoms. The number of benzene rings is 1. The van der Waals surface area contributed by atoms with E-state index in [0.29, 0.717) is 37.0 Å². The van der Waals surface area contributed by atoms with Gasteiger partial charge in [0.2, 0.25) is 0 Å². The Hall–Kier alpha value is -1.51. The van der Waals surface area contributed by atoms with Crippen molar-refractivity contribution in [3.63, 3.8) is 0 Å². The first-order valence-electron chi connectivity index (χ1n) is 16.5. The maximum atomic E-state index is 12.3. The molecular formula is C35H62O3. The van der Waals surface area contributed by atoms with Crippen molar-refractivity contribution < 1.29 is 14.6 Å². The van der Waals surface area contributed by atoms with Crippen LogP contribution in [0.25, 0.3) is 0 Å². The van der Waals surface area contributed by atoms with Gasteiger partial charge in [-0.25, -0.2) is 0 Å². The number of esters is 1. The van der Waals surface area contributed by atoms with E-state index >= 15 is 0 Å². The molecule has 0 bridgehead atoms. The first-order valence-corrected chi connectivity index (χ1v) is 16.5. The molecule has 0 radical (unpaired) electrons. The zero-order valence-corrected chi connectivity index (χ0v) is 25.9. The van der Waals surface area contributed by atoms with Crippen LogP contribution in [-0.4, -0.2) is 17.7 Å². The first kappa shape index (κ1) is 34.5. The van der Waals surface area contributed by atoms with Gasteiger partial charge in [-0.15, -0.1) is 0 Å². The number of aromatic hydroxyl groups is 1. The molecule has 0 amide bonds. The molecule has 0 saturated carbocycles. The van der Waals surface area contributed by atoms with Crippen molar-refractivity contribution in [2.24, 2.45) is 0 Å². The molecule has 38 heavy (non-hydrogen) atoms. The zero-order valence-electron chi connectivity index (χ0n) is 25.9. The molecule has 1 aromatic carbocycles. The standard InChI is InChI=1S/C35H62O3/c1-6-9-10-11-12-13-14-15-16-17-18-19-20-21-22-23-26-38-34(36)25-24-31-27-32(29(4)7-2)35(37)33(28-31)30(5)8-3/h27-30,37H,6-26H2,1-5H3. The predicted octanol–water partition coefficient (Wildman–Crippen LogP) is 11.2. The predicted molar refractivity (Wildman–Crippen MR) is 164 cm³/mol.